The molecule has 0 saturated heterocycles. The number of carbonyl (C=O) groups is 1. The summed E-state index contributed by atoms with van der Waals surface area (Å²) in [6, 6.07) is 7.98. The minimum atomic E-state index is -0.324. The topological polar surface area (TPSA) is 44.1 Å². The molecule has 0 aliphatic heterocycles. The van der Waals surface area contributed by atoms with Crippen LogP contribution < -0.4 is 0 Å². The van der Waals surface area contributed by atoms with Gasteiger partial charge in [0, 0.05) is 12.0 Å². The average Bonchev–Trinajstić information content (AvgIpc) is 3.03. The van der Waals surface area contributed by atoms with Gasteiger partial charge in [-0.15, -0.1) is 0 Å². The minimum Gasteiger partial charge on any atom is -0.465 e. The zero-order valence-electron chi connectivity index (χ0n) is 15.6. The van der Waals surface area contributed by atoms with Crippen LogP contribution in [0.4, 0.5) is 0 Å². The number of esters is 1. The van der Waals surface area contributed by atoms with E-state index in [0.717, 1.165) is 41.9 Å². The third kappa shape index (κ3) is 4.30. The minimum absolute atomic E-state index is 0.324. The van der Waals surface area contributed by atoms with E-state index in [1.165, 1.54) is 7.11 Å². The Bertz CT molecular complexity index is 794. The van der Waals surface area contributed by atoms with Gasteiger partial charge in [-0.3, -0.25) is 0 Å². The van der Waals surface area contributed by atoms with Crippen LogP contribution in [0, 0.1) is 11.8 Å². The standard InChI is InChI=1S/C21H26N2O2/c1-5-8-9-10-12-16-13-11-14-17(15-16)23-19(7-3)20(21(24)25-4)18(6-2)22-23/h11,13-15H,5-9H2,1-4H3. The molecule has 2 rings (SSSR count). The zero-order valence-corrected chi connectivity index (χ0v) is 15.6. The molecule has 0 N–H and O–H groups in total. The molecular weight excluding hydrogens is 312 g/mol. The molecule has 0 amide bonds. The summed E-state index contributed by atoms with van der Waals surface area (Å²) in [5.74, 6) is 6.10. The first-order chi connectivity index (χ1) is 12.2. The molecule has 0 bridgehead atoms. The first-order valence-electron chi connectivity index (χ1n) is 8.94. The molecule has 0 fully saturated rings. The first kappa shape index (κ1) is 18.8. The maximum atomic E-state index is 12.2. The van der Waals surface area contributed by atoms with Crippen molar-refractivity contribution in [2.75, 3.05) is 7.11 Å². The fraction of sp³-hybridized carbons (Fsp3) is 0.429. The van der Waals surface area contributed by atoms with E-state index in [0.29, 0.717) is 18.4 Å². The Morgan fingerprint density at radius 3 is 2.68 bits per heavy atom. The number of unbranched alkanes of at least 4 members (excludes halogenated alkanes) is 2. The quantitative estimate of drug-likeness (QED) is 0.447. The maximum absolute atomic E-state index is 12.2. The van der Waals surface area contributed by atoms with E-state index < -0.39 is 0 Å². The Morgan fingerprint density at radius 1 is 1.24 bits per heavy atom. The largest absolute Gasteiger partial charge is 0.465 e. The molecule has 0 aliphatic rings. The predicted octanol–water partition coefficient (Wildman–Crippen LogP) is 4.33. The third-order valence-electron chi connectivity index (χ3n) is 4.09. The SMILES string of the molecule is CCCCC#Cc1cccc(-n2nc(CC)c(C(=O)OC)c2CC)c1. The highest BCUT2D eigenvalue weighted by Crippen LogP contribution is 2.22. The van der Waals surface area contributed by atoms with Gasteiger partial charge in [0.1, 0.15) is 5.56 Å². The van der Waals surface area contributed by atoms with Crippen LogP contribution in [0.2, 0.25) is 0 Å². The highest BCUT2D eigenvalue weighted by Gasteiger charge is 2.23. The van der Waals surface area contributed by atoms with E-state index in [9.17, 15) is 4.79 Å². The van der Waals surface area contributed by atoms with Crippen LogP contribution in [0.3, 0.4) is 0 Å². The molecule has 0 saturated carbocycles. The summed E-state index contributed by atoms with van der Waals surface area (Å²) < 4.78 is 6.81. The molecule has 1 aromatic heterocycles. The summed E-state index contributed by atoms with van der Waals surface area (Å²) >= 11 is 0. The molecule has 132 valence electrons. The summed E-state index contributed by atoms with van der Waals surface area (Å²) in [7, 11) is 1.41. The number of ether oxygens (including phenoxy) is 1. The van der Waals surface area contributed by atoms with Crippen molar-refractivity contribution < 1.29 is 9.53 Å². The number of hydrogen-bond acceptors (Lipinski definition) is 3. The van der Waals surface area contributed by atoms with Crippen LogP contribution in [0.15, 0.2) is 24.3 Å². The summed E-state index contributed by atoms with van der Waals surface area (Å²) in [6.07, 6.45) is 4.56. The van der Waals surface area contributed by atoms with Gasteiger partial charge in [-0.25, -0.2) is 9.48 Å². The molecule has 0 atom stereocenters. The highest BCUT2D eigenvalue weighted by atomic mass is 16.5. The predicted molar refractivity (Wildman–Crippen MR) is 100 cm³/mol. The summed E-state index contributed by atoms with van der Waals surface area (Å²) in [5.41, 5.74) is 4.11. The summed E-state index contributed by atoms with van der Waals surface area (Å²) in [5, 5.41) is 4.66. The van der Waals surface area contributed by atoms with Crippen molar-refractivity contribution in [2.45, 2.75) is 52.9 Å². The van der Waals surface area contributed by atoms with Gasteiger partial charge in [0.05, 0.1) is 24.2 Å². The Kier molecular flexibility index (Phi) is 6.82. The van der Waals surface area contributed by atoms with E-state index in [-0.39, 0.29) is 5.97 Å². The molecule has 2 aromatic rings. The lowest BCUT2D eigenvalue weighted by atomic mass is 10.1. The van der Waals surface area contributed by atoms with Crippen LogP contribution in [-0.2, 0) is 17.6 Å². The molecule has 0 aliphatic carbocycles. The molecule has 0 radical (unpaired) electrons. The third-order valence-corrected chi connectivity index (χ3v) is 4.09. The fourth-order valence-corrected chi connectivity index (χ4v) is 2.77. The van der Waals surface area contributed by atoms with Crippen molar-refractivity contribution in [2.24, 2.45) is 0 Å². The van der Waals surface area contributed by atoms with Crippen molar-refractivity contribution >= 4 is 5.97 Å². The van der Waals surface area contributed by atoms with Crippen LogP contribution in [-0.4, -0.2) is 22.9 Å². The van der Waals surface area contributed by atoms with Gasteiger partial charge in [0.15, 0.2) is 0 Å². The van der Waals surface area contributed by atoms with Gasteiger partial charge in [0.2, 0.25) is 0 Å². The second kappa shape index (κ2) is 9.08. The Labute approximate surface area is 150 Å². The molecule has 0 unspecified atom stereocenters. The Morgan fingerprint density at radius 2 is 2.04 bits per heavy atom. The monoisotopic (exact) mass is 338 g/mol. The second-order valence-corrected chi connectivity index (χ2v) is 5.83. The van der Waals surface area contributed by atoms with Gasteiger partial charge >= 0.3 is 5.97 Å². The first-order valence-corrected chi connectivity index (χ1v) is 8.94. The maximum Gasteiger partial charge on any atom is 0.341 e. The van der Waals surface area contributed by atoms with Crippen LogP contribution >= 0.6 is 0 Å². The van der Waals surface area contributed by atoms with Gasteiger partial charge in [-0.05, 0) is 37.5 Å². The Balaban J connectivity index is 2.46. The number of carbonyl (C=O) groups excluding carboxylic acids is 1. The van der Waals surface area contributed by atoms with Gasteiger partial charge < -0.3 is 4.74 Å². The number of nitrogens with zero attached hydrogens (tertiary/aromatic N) is 2. The number of methoxy groups -OCH3 is 1. The van der Waals surface area contributed by atoms with Crippen LogP contribution in [0.1, 0.15) is 67.3 Å². The van der Waals surface area contributed by atoms with Gasteiger partial charge in [-0.2, -0.15) is 5.10 Å². The van der Waals surface area contributed by atoms with Crippen LogP contribution in [0.5, 0.6) is 0 Å². The van der Waals surface area contributed by atoms with E-state index in [4.69, 9.17) is 4.74 Å². The summed E-state index contributed by atoms with van der Waals surface area (Å²) in [6.45, 7) is 6.18. The zero-order chi connectivity index (χ0) is 18.2. The van der Waals surface area contributed by atoms with Crippen molar-refractivity contribution in [3.63, 3.8) is 0 Å². The van der Waals surface area contributed by atoms with E-state index in [2.05, 4.69) is 23.9 Å². The van der Waals surface area contributed by atoms with Crippen LogP contribution in [0.25, 0.3) is 5.69 Å². The molecule has 4 nitrogen and oxygen atoms in total. The lowest BCUT2D eigenvalue weighted by Gasteiger charge is -2.07. The Hall–Kier alpha value is -2.54. The number of benzene rings is 1. The van der Waals surface area contributed by atoms with Gasteiger partial charge in [-0.1, -0.05) is 45.1 Å². The van der Waals surface area contributed by atoms with E-state index in [1.807, 2.05) is 42.8 Å². The van der Waals surface area contributed by atoms with E-state index >= 15 is 0 Å². The molecule has 0 spiro atoms. The van der Waals surface area contributed by atoms with E-state index in [1.54, 1.807) is 0 Å². The molecule has 1 heterocycles. The van der Waals surface area contributed by atoms with Gasteiger partial charge in [0.25, 0.3) is 0 Å². The normalized spacial score (nSPS) is 10.2. The smallest absolute Gasteiger partial charge is 0.341 e. The average molecular weight is 338 g/mol. The number of hydrogen-bond donors (Lipinski definition) is 0. The molecule has 25 heavy (non-hydrogen) atoms. The molecular formula is C21H26N2O2. The number of rotatable bonds is 6. The lowest BCUT2D eigenvalue weighted by Crippen LogP contribution is -2.08. The number of aromatic nitrogens is 2. The van der Waals surface area contributed by atoms with Crippen molar-refractivity contribution in [1.82, 2.24) is 9.78 Å². The van der Waals surface area contributed by atoms with Crippen molar-refractivity contribution in [3.8, 4) is 17.5 Å². The highest BCUT2D eigenvalue weighted by molar-refractivity contribution is 5.92. The molecule has 4 heteroatoms. The second-order valence-electron chi connectivity index (χ2n) is 5.83. The summed E-state index contributed by atoms with van der Waals surface area (Å²) in [4.78, 5) is 12.2. The number of aryl methyl sites for hydroxylation is 1. The molecule has 1 aromatic carbocycles. The lowest BCUT2D eigenvalue weighted by molar-refractivity contribution is 0.0598. The van der Waals surface area contributed by atoms with Crippen molar-refractivity contribution in [3.05, 3.63) is 46.8 Å². The van der Waals surface area contributed by atoms with Crippen molar-refractivity contribution in [1.29, 1.82) is 0 Å². The fourth-order valence-electron chi connectivity index (χ4n) is 2.77.